The Labute approximate surface area is 134 Å². The summed E-state index contributed by atoms with van der Waals surface area (Å²) in [6.07, 6.45) is -0.304. The Kier molecular flexibility index (Phi) is 3.72. The van der Waals surface area contributed by atoms with E-state index in [1.807, 2.05) is 13.0 Å². The zero-order valence-electron chi connectivity index (χ0n) is 13.1. The molecule has 2 aliphatic rings. The predicted octanol–water partition coefficient (Wildman–Crippen LogP) is 0.939. The summed E-state index contributed by atoms with van der Waals surface area (Å²) >= 11 is 0. The van der Waals surface area contributed by atoms with Crippen molar-refractivity contribution in [1.82, 2.24) is 5.32 Å². The number of fused-ring (bicyclic) bond motifs is 1. The third-order valence-electron chi connectivity index (χ3n) is 4.77. The van der Waals surface area contributed by atoms with Crippen molar-refractivity contribution in [2.45, 2.75) is 31.9 Å². The Balaban J connectivity index is 2.17. The van der Waals surface area contributed by atoms with Crippen LogP contribution in [-0.4, -0.2) is 37.0 Å². The first-order valence-corrected chi connectivity index (χ1v) is 7.75. The zero-order valence-corrected chi connectivity index (χ0v) is 13.1. The number of Topliss-reactive ketones (excluding diaryl/α,β-unsaturated/α-hetero) is 1. The lowest BCUT2D eigenvalue weighted by molar-refractivity contribution is -0.198. The van der Waals surface area contributed by atoms with E-state index in [4.69, 9.17) is 9.47 Å². The standard InChI is InChI=1S/C17H19NO5/c1-3-22-12-10-16(15(21)23-4-2)13(19)14(20)18-17(12,16)11-8-6-5-7-9-11/h5-9,12H,3-4,10H2,1-2H3,(H,18,20)/t12-,16+,17-/m0/s1. The lowest BCUT2D eigenvalue weighted by Crippen LogP contribution is -2.72. The number of rotatable bonds is 5. The zero-order chi connectivity index (χ0) is 16.7. The van der Waals surface area contributed by atoms with E-state index in [1.54, 1.807) is 31.2 Å². The average molecular weight is 317 g/mol. The minimum Gasteiger partial charge on any atom is -0.465 e. The minimum absolute atomic E-state index is 0.145. The van der Waals surface area contributed by atoms with Crippen molar-refractivity contribution in [3.05, 3.63) is 35.9 Å². The highest BCUT2D eigenvalue weighted by atomic mass is 16.5. The number of hydrogen-bond donors (Lipinski definition) is 1. The number of ketones is 1. The summed E-state index contributed by atoms with van der Waals surface area (Å²) in [6, 6.07) is 9.02. The largest absolute Gasteiger partial charge is 0.465 e. The molecule has 6 heteroatoms. The van der Waals surface area contributed by atoms with Gasteiger partial charge in [0.05, 0.1) is 12.7 Å². The molecular formula is C17H19NO5. The fraction of sp³-hybridized carbons (Fsp3) is 0.471. The van der Waals surface area contributed by atoms with Gasteiger partial charge in [0.25, 0.3) is 5.91 Å². The van der Waals surface area contributed by atoms with Crippen LogP contribution in [-0.2, 0) is 29.4 Å². The molecule has 1 amide bonds. The smallest absolute Gasteiger partial charge is 0.323 e. The Morgan fingerprint density at radius 1 is 1.22 bits per heavy atom. The number of esters is 1. The number of nitrogens with one attached hydrogen (secondary N) is 1. The molecule has 122 valence electrons. The first kappa shape index (κ1) is 15.7. The van der Waals surface area contributed by atoms with Gasteiger partial charge in [0.2, 0.25) is 5.78 Å². The van der Waals surface area contributed by atoms with E-state index in [9.17, 15) is 14.4 Å². The van der Waals surface area contributed by atoms with E-state index in [1.165, 1.54) is 0 Å². The van der Waals surface area contributed by atoms with E-state index < -0.39 is 34.7 Å². The summed E-state index contributed by atoms with van der Waals surface area (Å²) in [5.74, 6) is -2.16. The maximum absolute atomic E-state index is 12.6. The first-order valence-electron chi connectivity index (χ1n) is 7.75. The molecule has 1 N–H and O–H groups in total. The lowest BCUT2D eigenvalue weighted by atomic mass is 9.50. The normalized spacial score (nSPS) is 32.0. The van der Waals surface area contributed by atoms with E-state index in [-0.39, 0.29) is 13.0 Å². The molecule has 0 unspecified atom stereocenters. The van der Waals surface area contributed by atoms with Crippen LogP contribution in [0.15, 0.2) is 30.3 Å². The van der Waals surface area contributed by atoms with Crippen LogP contribution >= 0.6 is 0 Å². The second-order valence-electron chi connectivity index (χ2n) is 5.73. The topological polar surface area (TPSA) is 81.7 Å². The molecule has 0 aromatic heterocycles. The summed E-state index contributed by atoms with van der Waals surface area (Å²) in [5.41, 5.74) is -2.05. The van der Waals surface area contributed by atoms with E-state index in [0.717, 1.165) is 0 Å². The highest BCUT2D eigenvalue weighted by Crippen LogP contribution is 2.61. The molecule has 0 spiro atoms. The number of ether oxygens (including phenoxy) is 2. The molecule has 2 fully saturated rings. The van der Waals surface area contributed by atoms with Crippen LogP contribution in [0.2, 0.25) is 0 Å². The molecular weight excluding hydrogens is 298 g/mol. The highest BCUT2D eigenvalue weighted by molar-refractivity contribution is 6.45. The van der Waals surface area contributed by atoms with E-state index in [0.29, 0.717) is 12.2 Å². The summed E-state index contributed by atoms with van der Waals surface area (Å²) in [7, 11) is 0. The van der Waals surface area contributed by atoms with Gasteiger partial charge in [-0.2, -0.15) is 0 Å². The molecule has 1 aliphatic heterocycles. The number of carbonyl (C=O) groups is 3. The Hall–Kier alpha value is -2.21. The van der Waals surface area contributed by atoms with Crippen molar-refractivity contribution < 1.29 is 23.9 Å². The molecule has 1 aromatic rings. The summed E-state index contributed by atoms with van der Waals surface area (Å²) in [6.45, 7) is 4.07. The van der Waals surface area contributed by atoms with Crippen LogP contribution < -0.4 is 5.32 Å². The second kappa shape index (κ2) is 5.45. The number of benzene rings is 1. The number of amides is 1. The molecule has 0 radical (unpaired) electrons. The van der Waals surface area contributed by atoms with Gasteiger partial charge in [-0.1, -0.05) is 30.3 Å². The van der Waals surface area contributed by atoms with Gasteiger partial charge in [-0.3, -0.25) is 14.4 Å². The summed E-state index contributed by atoms with van der Waals surface area (Å²) in [4.78, 5) is 37.3. The quantitative estimate of drug-likeness (QED) is 0.496. The van der Waals surface area contributed by atoms with Crippen LogP contribution in [0.5, 0.6) is 0 Å². The van der Waals surface area contributed by atoms with Crippen LogP contribution in [0.1, 0.15) is 25.8 Å². The molecule has 1 saturated carbocycles. The third kappa shape index (κ3) is 1.81. The molecule has 3 rings (SSSR count). The van der Waals surface area contributed by atoms with Gasteiger partial charge in [-0.05, 0) is 19.4 Å². The Morgan fingerprint density at radius 3 is 2.52 bits per heavy atom. The predicted molar refractivity (Wildman–Crippen MR) is 80.4 cm³/mol. The maximum atomic E-state index is 12.6. The van der Waals surface area contributed by atoms with Crippen LogP contribution in [0.25, 0.3) is 0 Å². The molecule has 1 saturated heterocycles. The molecule has 6 nitrogen and oxygen atoms in total. The maximum Gasteiger partial charge on any atom is 0.323 e. The van der Waals surface area contributed by atoms with Gasteiger partial charge in [-0.15, -0.1) is 0 Å². The van der Waals surface area contributed by atoms with Gasteiger partial charge >= 0.3 is 5.97 Å². The van der Waals surface area contributed by atoms with Gasteiger partial charge in [-0.25, -0.2) is 0 Å². The molecule has 23 heavy (non-hydrogen) atoms. The first-order chi connectivity index (χ1) is 11.0. The summed E-state index contributed by atoms with van der Waals surface area (Å²) < 4.78 is 10.9. The van der Waals surface area contributed by atoms with Crippen LogP contribution in [0.4, 0.5) is 0 Å². The van der Waals surface area contributed by atoms with Gasteiger partial charge < -0.3 is 14.8 Å². The van der Waals surface area contributed by atoms with E-state index >= 15 is 0 Å². The van der Waals surface area contributed by atoms with Crippen molar-refractivity contribution in [3.63, 3.8) is 0 Å². The van der Waals surface area contributed by atoms with E-state index in [2.05, 4.69) is 5.32 Å². The molecule has 0 bridgehead atoms. The fourth-order valence-electron chi connectivity index (χ4n) is 3.81. The number of hydrogen-bond acceptors (Lipinski definition) is 5. The molecule has 1 aromatic carbocycles. The minimum atomic E-state index is -1.54. The average Bonchev–Trinajstić information content (AvgIpc) is 2.72. The molecule has 1 heterocycles. The highest BCUT2D eigenvalue weighted by Gasteiger charge is 2.81. The monoisotopic (exact) mass is 317 g/mol. The van der Waals surface area contributed by atoms with Crippen molar-refractivity contribution in [2.24, 2.45) is 5.41 Å². The van der Waals surface area contributed by atoms with Crippen molar-refractivity contribution in [1.29, 1.82) is 0 Å². The Bertz CT molecular complexity index is 658. The Morgan fingerprint density at radius 2 is 1.91 bits per heavy atom. The van der Waals surface area contributed by atoms with Crippen molar-refractivity contribution in [2.75, 3.05) is 13.2 Å². The second-order valence-corrected chi connectivity index (χ2v) is 5.73. The lowest BCUT2D eigenvalue weighted by Gasteiger charge is -2.56. The summed E-state index contributed by atoms with van der Waals surface area (Å²) in [5, 5.41) is 2.73. The van der Waals surface area contributed by atoms with Crippen LogP contribution in [0.3, 0.4) is 0 Å². The number of carbonyl (C=O) groups excluding carboxylic acids is 3. The van der Waals surface area contributed by atoms with Crippen molar-refractivity contribution in [3.8, 4) is 0 Å². The molecule has 3 atom stereocenters. The SMILES string of the molecule is CCOC(=O)[C@]12C[C@H](OCC)[C@]1(c1ccccc1)NC(=O)C2=O. The van der Waals surface area contributed by atoms with Gasteiger partial charge in [0.15, 0.2) is 5.41 Å². The van der Waals surface area contributed by atoms with Crippen molar-refractivity contribution >= 4 is 17.7 Å². The van der Waals surface area contributed by atoms with Crippen LogP contribution in [0, 0.1) is 5.41 Å². The molecule has 1 aliphatic carbocycles. The fourth-order valence-corrected chi connectivity index (χ4v) is 3.81. The van der Waals surface area contributed by atoms with Gasteiger partial charge in [0.1, 0.15) is 5.54 Å². The van der Waals surface area contributed by atoms with Gasteiger partial charge in [0, 0.05) is 13.0 Å². The third-order valence-corrected chi connectivity index (χ3v) is 4.77.